The van der Waals surface area contributed by atoms with Gasteiger partial charge in [0.05, 0.1) is 29.8 Å². The SMILES string of the molecule is CNC(=O)[C@H]1[C@@H]2SC3(CC2Br)C(C(=O)NCCN2CCOCC2)N(CCCCO)C(=O)[C@H]13. The molecular weight excluding hydrogens is 500 g/mol. The van der Waals surface area contributed by atoms with Crippen LogP contribution in [0.25, 0.3) is 0 Å². The maximum atomic E-state index is 13.6. The molecule has 4 fully saturated rings. The van der Waals surface area contributed by atoms with Gasteiger partial charge in [-0.2, -0.15) is 0 Å². The molecule has 0 aromatic rings. The molecule has 6 atom stereocenters. The fraction of sp³-hybridized carbons (Fsp3) is 0.857. The highest BCUT2D eigenvalue weighted by atomic mass is 79.9. The van der Waals surface area contributed by atoms with Crippen LogP contribution < -0.4 is 10.6 Å². The summed E-state index contributed by atoms with van der Waals surface area (Å²) in [5.74, 6) is -1.30. The Morgan fingerprint density at radius 1 is 1.25 bits per heavy atom. The van der Waals surface area contributed by atoms with Crippen LogP contribution in [0.4, 0.5) is 0 Å². The fourth-order valence-corrected chi connectivity index (χ4v) is 9.40. The van der Waals surface area contributed by atoms with E-state index in [9.17, 15) is 19.5 Å². The Morgan fingerprint density at radius 2 is 2.00 bits per heavy atom. The number of alkyl halides is 1. The first kappa shape index (κ1) is 24.3. The summed E-state index contributed by atoms with van der Waals surface area (Å²) in [6.45, 7) is 4.85. The number of carbonyl (C=O) groups is 3. The summed E-state index contributed by atoms with van der Waals surface area (Å²) in [6.07, 6.45) is 1.88. The van der Waals surface area contributed by atoms with E-state index >= 15 is 0 Å². The Hall–Kier alpha value is -0.880. The average molecular weight is 533 g/mol. The third kappa shape index (κ3) is 4.19. The van der Waals surface area contributed by atoms with Gasteiger partial charge in [0.15, 0.2) is 0 Å². The number of amides is 3. The zero-order chi connectivity index (χ0) is 22.9. The monoisotopic (exact) mass is 532 g/mol. The van der Waals surface area contributed by atoms with Crippen LogP contribution in [0.2, 0.25) is 0 Å². The van der Waals surface area contributed by atoms with Gasteiger partial charge in [-0.3, -0.25) is 19.3 Å². The van der Waals surface area contributed by atoms with E-state index in [4.69, 9.17) is 4.74 Å². The summed E-state index contributed by atoms with van der Waals surface area (Å²) in [5, 5.41) is 15.0. The van der Waals surface area contributed by atoms with Crippen LogP contribution in [0.5, 0.6) is 0 Å². The molecule has 11 heteroatoms. The Kier molecular flexibility index (Phi) is 7.71. The van der Waals surface area contributed by atoms with Gasteiger partial charge in [0.2, 0.25) is 17.7 Å². The summed E-state index contributed by atoms with van der Waals surface area (Å²) < 4.78 is 4.78. The molecule has 4 aliphatic heterocycles. The number of thioether (sulfide) groups is 1. The molecule has 3 amide bonds. The molecule has 0 aromatic heterocycles. The van der Waals surface area contributed by atoms with Crippen molar-refractivity contribution in [3.63, 3.8) is 0 Å². The van der Waals surface area contributed by atoms with Crippen molar-refractivity contribution in [2.45, 2.75) is 40.1 Å². The highest BCUT2D eigenvalue weighted by Gasteiger charge is 2.75. The number of rotatable bonds is 9. The molecular formula is C21H33BrN4O5S. The Bertz CT molecular complexity index is 739. The average Bonchev–Trinajstić information content (AvgIpc) is 3.38. The van der Waals surface area contributed by atoms with Gasteiger partial charge in [0, 0.05) is 56.5 Å². The number of aliphatic hydroxyl groups is 1. The first-order valence-corrected chi connectivity index (χ1v) is 13.3. The number of aliphatic hydroxyl groups excluding tert-OH is 1. The molecule has 4 aliphatic rings. The van der Waals surface area contributed by atoms with Crippen molar-refractivity contribution in [1.29, 1.82) is 0 Å². The number of unbranched alkanes of at least 4 members (excludes halogenated alkanes) is 1. The van der Waals surface area contributed by atoms with Crippen LogP contribution in [0, 0.1) is 11.8 Å². The Morgan fingerprint density at radius 3 is 2.69 bits per heavy atom. The normalized spacial score (nSPS) is 36.4. The summed E-state index contributed by atoms with van der Waals surface area (Å²) in [7, 11) is 1.60. The highest BCUT2D eigenvalue weighted by Crippen LogP contribution is 2.67. The molecule has 0 saturated carbocycles. The molecule has 4 saturated heterocycles. The van der Waals surface area contributed by atoms with E-state index < -0.39 is 22.6 Å². The zero-order valence-electron chi connectivity index (χ0n) is 18.4. The number of ether oxygens (including phenoxy) is 1. The first-order valence-electron chi connectivity index (χ1n) is 11.5. The molecule has 2 bridgehead atoms. The molecule has 0 radical (unpaired) electrons. The second kappa shape index (κ2) is 10.2. The van der Waals surface area contributed by atoms with E-state index in [1.165, 1.54) is 0 Å². The highest BCUT2D eigenvalue weighted by molar-refractivity contribution is 9.09. The minimum atomic E-state index is -0.604. The number of nitrogens with one attached hydrogen (secondary N) is 2. The van der Waals surface area contributed by atoms with Crippen molar-refractivity contribution >= 4 is 45.4 Å². The van der Waals surface area contributed by atoms with Crippen LogP contribution in [0.15, 0.2) is 0 Å². The standard InChI is InChI=1S/C21H33BrN4O5S/c1-23-18(28)14-15-20(30)26(5-2-3-9-27)17(21(15)12-13(22)16(14)32-21)19(29)24-4-6-25-7-10-31-11-8-25/h13-17,27H,2-12H2,1H3,(H,23,28)(H,24,29)/t13?,14-,15+,16-,17?,21?/m1/s1. The number of nitrogens with zero attached hydrogens (tertiary/aromatic N) is 2. The van der Waals surface area contributed by atoms with E-state index in [0.29, 0.717) is 45.6 Å². The topological polar surface area (TPSA) is 111 Å². The summed E-state index contributed by atoms with van der Waals surface area (Å²) in [5.41, 5.74) is 0. The maximum absolute atomic E-state index is 13.6. The first-order chi connectivity index (χ1) is 15.4. The molecule has 32 heavy (non-hydrogen) atoms. The number of fused-ring (bicyclic) bond motifs is 1. The number of likely N-dealkylation sites (tertiary alicyclic amines) is 1. The predicted molar refractivity (Wildman–Crippen MR) is 125 cm³/mol. The lowest BCUT2D eigenvalue weighted by Crippen LogP contribution is -2.55. The maximum Gasteiger partial charge on any atom is 0.244 e. The van der Waals surface area contributed by atoms with Crippen LogP contribution in [-0.2, 0) is 19.1 Å². The molecule has 4 rings (SSSR count). The molecule has 9 nitrogen and oxygen atoms in total. The molecule has 0 aromatic carbocycles. The van der Waals surface area contributed by atoms with Crippen LogP contribution in [-0.4, -0.2) is 113 Å². The number of carbonyl (C=O) groups excluding carboxylic acids is 3. The third-order valence-corrected chi connectivity index (χ3v) is 10.4. The molecule has 180 valence electrons. The fourth-order valence-electron chi connectivity index (χ4n) is 5.79. The summed E-state index contributed by atoms with van der Waals surface area (Å²) in [6, 6.07) is -0.604. The number of hydrogen-bond acceptors (Lipinski definition) is 7. The van der Waals surface area contributed by atoms with Crippen LogP contribution >= 0.6 is 27.7 Å². The van der Waals surface area contributed by atoms with Gasteiger partial charge in [0.25, 0.3) is 0 Å². The van der Waals surface area contributed by atoms with Crippen molar-refractivity contribution in [3.8, 4) is 0 Å². The quantitative estimate of drug-likeness (QED) is 0.269. The van der Waals surface area contributed by atoms with Gasteiger partial charge >= 0.3 is 0 Å². The molecule has 1 spiro atoms. The lowest BCUT2D eigenvalue weighted by Gasteiger charge is -2.35. The van der Waals surface area contributed by atoms with Gasteiger partial charge in [-0.1, -0.05) is 15.9 Å². The predicted octanol–water partition coefficient (Wildman–Crippen LogP) is -0.582. The third-order valence-electron chi connectivity index (χ3n) is 7.22. The van der Waals surface area contributed by atoms with Crippen molar-refractivity contribution in [2.75, 3.05) is 59.6 Å². The Labute approximate surface area is 201 Å². The number of morpholine rings is 1. The van der Waals surface area contributed by atoms with E-state index in [1.54, 1.807) is 23.7 Å². The minimum absolute atomic E-state index is 0.0212. The van der Waals surface area contributed by atoms with Gasteiger partial charge in [0.1, 0.15) is 6.04 Å². The molecule has 3 unspecified atom stereocenters. The van der Waals surface area contributed by atoms with E-state index in [0.717, 1.165) is 19.6 Å². The summed E-state index contributed by atoms with van der Waals surface area (Å²) >= 11 is 5.38. The van der Waals surface area contributed by atoms with Crippen molar-refractivity contribution in [1.82, 2.24) is 20.4 Å². The zero-order valence-corrected chi connectivity index (χ0v) is 20.8. The van der Waals surface area contributed by atoms with Gasteiger partial charge in [-0.05, 0) is 19.3 Å². The number of hydrogen-bond donors (Lipinski definition) is 3. The smallest absolute Gasteiger partial charge is 0.244 e. The van der Waals surface area contributed by atoms with E-state index in [1.807, 2.05) is 0 Å². The van der Waals surface area contributed by atoms with Crippen LogP contribution in [0.3, 0.4) is 0 Å². The molecule has 3 N–H and O–H groups in total. The van der Waals surface area contributed by atoms with Gasteiger partial charge in [-0.15, -0.1) is 11.8 Å². The second-order valence-electron chi connectivity index (χ2n) is 8.99. The molecule has 0 aliphatic carbocycles. The van der Waals surface area contributed by atoms with Gasteiger partial charge in [-0.25, -0.2) is 0 Å². The lowest BCUT2D eigenvalue weighted by atomic mass is 9.70. The van der Waals surface area contributed by atoms with E-state index in [2.05, 4.69) is 31.5 Å². The van der Waals surface area contributed by atoms with Gasteiger partial charge < -0.3 is 25.4 Å². The largest absolute Gasteiger partial charge is 0.396 e. The molecule has 4 heterocycles. The van der Waals surface area contributed by atoms with E-state index in [-0.39, 0.29) is 34.4 Å². The second-order valence-corrected chi connectivity index (χ2v) is 11.7. The summed E-state index contributed by atoms with van der Waals surface area (Å²) in [4.78, 5) is 43.9. The van der Waals surface area contributed by atoms with Crippen molar-refractivity contribution in [3.05, 3.63) is 0 Å². The van der Waals surface area contributed by atoms with Crippen LogP contribution in [0.1, 0.15) is 19.3 Å². The van der Waals surface area contributed by atoms with Crippen molar-refractivity contribution in [2.24, 2.45) is 11.8 Å². The number of halogens is 1. The minimum Gasteiger partial charge on any atom is -0.396 e. The van der Waals surface area contributed by atoms with Crippen molar-refractivity contribution < 1.29 is 24.2 Å². The lowest BCUT2D eigenvalue weighted by molar-refractivity contribution is -0.139. The Balaban J connectivity index is 1.53.